The molecule has 8 heteroatoms. The highest BCUT2D eigenvalue weighted by atomic mass is 79.9. The van der Waals surface area contributed by atoms with Gasteiger partial charge in [0.05, 0.1) is 11.3 Å². The van der Waals surface area contributed by atoms with Gasteiger partial charge in [0.25, 0.3) is 0 Å². The van der Waals surface area contributed by atoms with E-state index in [1.165, 1.54) is 17.4 Å². The summed E-state index contributed by atoms with van der Waals surface area (Å²) in [7, 11) is 0. The zero-order valence-corrected chi connectivity index (χ0v) is 12.7. The van der Waals surface area contributed by atoms with Crippen LogP contribution in [0.25, 0.3) is 0 Å². The summed E-state index contributed by atoms with van der Waals surface area (Å²) in [5.41, 5.74) is 0.204. The number of carbonyl (C=O) groups is 2. The number of carboxylic acids is 1. The van der Waals surface area contributed by atoms with Crippen molar-refractivity contribution in [1.29, 1.82) is 0 Å². The van der Waals surface area contributed by atoms with Gasteiger partial charge in [-0.05, 0) is 35.0 Å². The first-order valence-electron chi connectivity index (χ1n) is 5.49. The van der Waals surface area contributed by atoms with E-state index in [1.54, 1.807) is 18.3 Å². The van der Waals surface area contributed by atoms with E-state index in [0.29, 0.717) is 9.60 Å². The molecule has 0 aliphatic heterocycles. The van der Waals surface area contributed by atoms with Crippen molar-refractivity contribution in [2.45, 2.75) is 6.92 Å². The molecule has 3 N–H and O–H groups in total. The number of carbonyl (C=O) groups excluding carboxylic acids is 1. The van der Waals surface area contributed by atoms with Gasteiger partial charge in [0.2, 0.25) is 0 Å². The number of carboxylic acid groups (broad SMARTS) is 1. The van der Waals surface area contributed by atoms with Gasteiger partial charge in [-0.1, -0.05) is 6.07 Å². The fourth-order valence-electron chi connectivity index (χ4n) is 1.48. The molecule has 0 saturated carbocycles. The molecule has 2 aromatic rings. The van der Waals surface area contributed by atoms with Crippen molar-refractivity contribution >= 4 is 50.1 Å². The van der Waals surface area contributed by atoms with Crippen LogP contribution in [0.2, 0.25) is 0 Å². The number of urea groups is 1. The van der Waals surface area contributed by atoms with Crippen LogP contribution in [-0.2, 0) is 0 Å². The maximum atomic E-state index is 11.8. The second-order valence-corrected chi connectivity index (χ2v) is 5.91. The number of para-hydroxylation sites is 1. The fraction of sp³-hybridized carbons (Fsp3) is 0.0833. The predicted octanol–water partition coefficient (Wildman–Crippen LogP) is 3.56. The van der Waals surface area contributed by atoms with E-state index in [0.717, 1.165) is 4.88 Å². The Labute approximate surface area is 127 Å². The van der Waals surface area contributed by atoms with E-state index in [9.17, 15) is 9.59 Å². The first kappa shape index (κ1) is 14.5. The van der Waals surface area contributed by atoms with Crippen LogP contribution in [0.5, 0.6) is 0 Å². The number of nitrogens with zero attached hydrogens (tertiary/aromatic N) is 1. The van der Waals surface area contributed by atoms with Crippen molar-refractivity contribution in [3.63, 3.8) is 0 Å². The third-order valence-corrected chi connectivity index (χ3v) is 3.81. The minimum absolute atomic E-state index is 0.00449. The molecule has 0 saturated heterocycles. The van der Waals surface area contributed by atoms with Crippen LogP contribution in [0, 0.1) is 6.92 Å². The van der Waals surface area contributed by atoms with Gasteiger partial charge >= 0.3 is 12.0 Å². The summed E-state index contributed by atoms with van der Waals surface area (Å²) in [6.45, 7) is 1.87. The first-order valence-corrected chi connectivity index (χ1v) is 7.10. The van der Waals surface area contributed by atoms with Gasteiger partial charge in [-0.2, -0.15) is 0 Å². The van der Waals surface area contributed by atoms with Crippen LogP contribution < -0.4 is 10.6 Å². The molecule has 1 aromatic carbocycles. The number of hydrogen-bond acceptors (Lipinski definition) is 4. The summed E-state index contributed by atoms with van der Waals surface area (Å²) in [5.74, 6) is -1.12. The van der Waals surface area contributed by atoms with Gasteiger partial charge in [-0.15, -0.1) is 11.3 Å². The predicted molar refractivity (Wildman–Crippen MR) is 80.6 cm³/mol. The molecule has 20 heavy (non-hydrogen) atoms. The molecular formula is C12H10BrN3O3S. The molecule has 2 amide bonds. The Morgan fingerprint density at radius 3 is 2.70 bits per heavy atom. The monoisotopic (exact) mass is 355 g/mol. The number of nitrogens with one attached hydrogen (secondary N) is 2. The lowest BCUT2D eigenvalue weighted by Crippen LogP contribution is -2.21. The van der Waals surface area contributed by atoms with Gasteiger partial charge in [0.15, 0.2) is 5.13 Å². The van der Waals surface area contributed by atoms with Crippen LogP contribution >= 0.6 is 27.3 Å². The number of rotatable bonds is 3. The van der Waals surface area contributed by atoms with Gasteiger partial charge in [-0.3, -0.25) is 5.32 Å². The minimum atomic E-state index is -1.12. The van der Waals surface area contributed by atoms with E-state index in [1.807, 2.05) is 6.92 Å². The number of thiazole rings is 1. The van der Waals surface area contributed by atoms with E-state index < -0.39 is 12.0 Å². The van der Waals surface area contributed by atoms with Gasteiger partial charge in [0.1, 0.15) is 0 Å². The van der Waals surface area contributed by atoms with Gasteiger partial charge in [-0.25, -0.2) is 14.6 Å². The number of benzene rings is 1. The summed E-state index contributed by atoms with van der Waals surface area (Å²) in [5, 5.41) is 14.6. The van der Waals surface area contributed by atoms with Crippen molar-refractivity contribution in [1.82, 2.24) is 4.98 Å². The molecule has 2 rings (SSSR count). The fourth-order valence-corrected chi connectivity index (χ4v) is 2.61. The Hall–Kier alpha value is -1.93. The van der Waals surface area contributed by atoms with E-state index in [-0.39, 0.29) is 11.3 Å². The molecule has 1 aromatic heterocycles. The van der Waals surface area contributed by atoms with E-state index in [2.05, 4.69) is 31.5 Å². The highest BCUT2D eigenvalue weighted by molar-refractivity contribution is 9.10. The first-order chi connectivity index (χ1) is 9.47. The zero-order valence-electron chi connectivity index (χ0n) is 10.3. The third-order valence-electron chi connectivity index (χ3n) is 2.32. The van der Waals surface area contributed by atoms with Crippen molar-refractivity contribution in [2.24, 2.45) is 0 Å². The molecule has 0 atom stereocenters. The molecule has 6 nitrogen and oxygen atoms in total. The number of aryl methyl sites for hydroxylation is 1. The standard InChI is InChI=1S/C12H10BrN3O3S/c1-6-5-14-12(20-6)16-11(19)15-9-7(10(17)18)3-2-4-8(9)13/h2-5H,1H3,(H,17,18)(H2,14,15,16,19). The van der Waals surface area contributed by atoms with Crippen molar-refractivity contribution in [2.75, 3.05) is 10.6 Å². The van der Waals surface area contributed by atoms with E-state index in [4.69, 9.17) is 5.11 Å². The average Bonchev–Trinajstić information content (AvgIpc) is 2.77. The van der Waals surface area contributed by atoms with Gasteiger partial charge in [0, 0.05) is 15.5 Å². The Balaban J connectivity index is 2.17. The molecule has 0 spiro atoms. The highest BCUT2D eigenvalue weighted by Gasteiger charge is 2.15. The molecule has 104 valence electrons. The average molecular weight is 356 g/mol. The summed E-state index contributed by atoms with van der Waals surface area (Å²) >= 11 is 4.54. The Morgan fingerprint density at radius 1 is 1.35 bits per heavy atom. The Kier molecular flexibility index (Phi) is 4.35. The molecule has 0 fully saturated rings. The second-order valence-electron chi connectivity index (χ2n) is 3.82. The molecule has 1 heterocycles. The zero-order chi connectivity index (χ0) is 14.7. The summed E-state index contributed by atoms with van der Waals surface area (Å²) < 4.78 is 0.489. The summed E-state index contributed by atoms with van der Waals surface area (Å²) in [4.78, 5) is 27.9. The lowest BCUT2D eigenvalue weighted by Gasteiger charge is -2.10. The molecule has 0 radical (unpaired) electrons. The maximum absolute atomic E-state index is 11.8. The number of aromatic nitrogens is 1. The minimum Gasteiger partial charge on any atom is -0.478 e. The lowest BCUT2D eigenvalue weighted by molar-refractivity contribution is 0.0698. The maximum Gasteiger partial charge on any atom is 0.337 e. The smallest absolute Gasteiger partial charge is 0.337 e. The third kappa shape index (κ3) is 3.34. The Bertz CT molecular complexity index is 672. The second kappa shape index (κ2) is 6.02. The van der Waals surface area contributed by atoms with Crippen LogP contribution in [0.15, 0.2) is 28.9 Å². The molecule has 0 aliphatic carbocycles. The number of halogens is 1. The number of aromatic carboxylic acids is 1. The van der Waals surface area contributed by atoms with Gasteiger partial charge < -0.3 is 10.4 Å². The van der Waals surface area contributed by atoms with Crippen LogP contribution in [0.1, 0.15) is 15.2 Å². The molecule has 0 bridgehead atoms. The van der Waals surface area contributed by atoms with Crippen molar-refractivity contribution < 1.29 is 14.7 Å². The van der Waals surface area contributed by atoms with Crippen molar-refractivity contribution in [3.8, 4) is 0 Å². The topological polar surface area (TPSA) is 91.3 Å². The largest absolute Gasteiger partial charge is 0.478 e. The number of amides is 2. The molecular weight excluding hydrogens is 346 g/mol. The van der Waals surface area contributed by atoms with E-state index >= 15 is 0 Å². The van der Waals surface area contributed by atoms with Crippen LogP contribution in [0.4, 0.5) is 15.6 Å². The quantitative estimate of drug-likeness (QED) is 0.784. The van der Waals surface area contributed by atoms with Crippen molar-refractivity contribution in [3.05, 3.63) is 39.3 Å². The number of anilines is 2. The highest BCUT2D eigenvalue weighted by Crippen LogP contribution is 2.27. The van der Waals surface area contributed by atoms with Crippen LogP contribution in [-0.4, -0.2) is 22.1 Å². The summed E-state index contributed by atoms with van der Waals surface area (Å²) in [6, 6.07) is 4.10. The van der Waals surface area contributed by atoms with Crippen LogP contribution in [0.3, 0.4) is 0 Å². The molecule has 0 aliphatic rings. The summed E-state index contributed by atoms with van der Waals surface area (Å²) in [6.07, 6.45) is 1.64. The molecule has 0 unspecified atom stereocenters. The number of hydrogen-bond donors (Lipinski definition) is 3. The lowest BCUT2D eigenvalue weighted by atomic mass is 10.2. The Morgan fingerprint density at radius 2 is 2.10 bits per heavy atom. The SMILES string of the molecule is Cc1cnc(NC(=O)Nc2c(Br)cccc2C(=O)O)s1. The normalized spacial score (nSPS) is 10.1.